The summed E-state index contributed by atoms with van der Waals surface area (Å²) >= 11 is 0. The van der Waals surface area contributed by atoms with Gasteiger partial charge < -0.3 is 9.80 Å². The minimum atomic E-state index is 0.170. The molecule has 2 amide bonds. The summed E-state index contributed by atoms with van der Waals surface area (Å²) in [6.45, 7) is 4.45. The van der Waals surface area contributed by atoms with Gasteiger partial charge in [-0.05, 0) is 56.4 Å². The minimum absolute atomic E-state index is 0.170. The van der Waals surface area contributed by atoms with Crippen LogP contribution in [-0.4, -0.2) is 34.7 Å². The predicted octanol–water partition coefficient (Wildman–Crippen LogP) is 5.29. The van der Waals surface area contributed by atoms with E-state index in [0.717, 1.165) is 44.3 Å². The molecule has 29 heavy (non-hydrogen) atoms. The molecule has 0 N–H and O–H groups in total. The lowest BCUT2D eigenvalue weighted by Gasteiger charge is -2.38. The third kappa shape index (κ3) is 6.19. The smallest absolute Gasteiger partial charge is 0.226 e. The second-order valence-corrected chi connectivity index (χ2v) is 8.45. The maximum absolute atomic E-state index is 12.8. The lowest BCUT2D eigenvalue weighted by Crippen LogP contribution is -2.39. The van der Waals surface area contributed by atoms with Crippen LogP contribution >= 0.6 is 0 Å². The number of fused-ring (bicyclic) bond motifs is 1. The summed E-state index contributed by atoms with van der Waals surface area (Å²) in [6, 6.07) is 10.2. The van der Waals surface area contributed by atoms with Crippen molar-refractivity contribution in [1.29, 1.82) is 0 Å². The molecule has 1 saturated heterocycles. The van der Waals surface area contributed by atoms with Gasteiger partial charge in [0, 0.05) is 38.2 Å². The molecule has 4 nitrogen and oxygen atoms in total. The van der Waals surface area contributed by atoms with Gasteiger partial charge in [-0.15, -0.1) is 0 Å². The fourth-order valence-corrected chi connectivity index (χ4v) is 4.57. The van der Waals surface area contributed by atoms with E-state index in [0.29, 0.717) is 31.7 Å². The van der Waals surface area contributed by atoms with Crippen LogP contribution in [0.15, 0.2) is 42.1 Å². The topological polar surface area (TPSA) is 40.6 Å². The SMILES string of the molecule is CCCCN(Cc1ccccc1)C(=O)CCCC(=O)N1CCCC2CCCC=C21. The van der Waals surface area contributed by atoms with E-state index >= 15 is 0 Å². The summed E-state index contributed by atoms with van der Waals surface area (Å²) in [6.07, 6.45) is 11.8. The van der Waals surface area contributed by atoms with Gasteiger partial charge in [-0.3, -0.25) is 9.59 Å². The van der Waals surface area contributed by atoms with Gasteiger partial charge in [0.2, 0.25) is 11.8 Å². The Morgan fingerprint density at radius 2 is 1.86 bits per heavy atom. The average molecular weight is 397 g/mol. The molecule has 0 saturated carbocycles. The Labute approximate surface area is 176 Å². The van der Waals surface area contributed by atoms with E-state index in [1.165, 1.54) is 25.0 Å². The molecule has 1 fully saturated rings. The molecule has 1 aromatic carbocycles. The van der Waals surface area contributed by atoms with Crippen molar-refractivity contribution in [2.45, 2.75) is 77.7 Å². The Bertz CT molecular complexity index is 698. The standard InChI is InChI=1S/C25H36N2O2/c1-2-3-18-26(20-21-11-5-4-6-12-21)24(28)16-9-17-25(29)27-19-10-14-22-13-7-8-15-23(22)27/h4-6,11-12,15,22H,2-3,7-10,13-14,16-20H2,1H3. The van der Waals surface area contributed by atoms with Gasteiger partial charge in [0.15, 0.2) is 0 Å². The van der Waals surface area contributed by atoms with Crippen molar-refractivity contribution >= 4 is 11.8 Å². The van der Waals surface area contributed by atoms with Crippen molar-refractivity contribution in [2.24, 2.45) is 5.92 Å². The van der Waals surface area contributed by atoms with Gasteiger partial charge in [-0.1, -0.05) is 49.8 Å². The van der Waals surface area contributed by atoms with E-state index in [2.05, 4.69) is 25.1 Å². The first-order valence-electron chi connectivity index (χ1n) is 11.5. The van der Waals surface area contributed by atoms with Crippen molar-refractivity contribution in [3.05, 3.63) is 47.7 Å². The Morgan fingerprint density at radius 1 is 1.07 bits per heavy atom. The van der Waals surface area contributed by atoms with Gasteiger partial charge in [0.1, 0.15) is 0 Å². The number of hydrogen-bond donors (Lipinski definition) is 0. The zero-order valence-electron chi connectivity index (χ0n) is 17.9. The van der Waals surface area contributed by atoms with Crippen LogP contribution in [0, 0.1) is 5.92 Å². The molecular formula is C25H36N2O2. The normalized spacial score (nSPS) is 18.7. The molecule has 2 aliphatic rings. The minimum Gasteiger partial charge on any atom is -0.338 e. The van der Waals surface area contributed by atoms with Gasteiger partial charge in [-0.25, -0.2) is 0 Å². The number of carbonyl (C=O) groups excluding carboxylic acids is 2. The number of carbonyl (C=O) groups is 2. The predicted molar refractivity (Wildman–Crippen MR) is 117 cm³/mol. The summed E-state index contributed by atoms with van der Waals surface area (Å²) in [5.74, 6) is 0.959. The second-order valence-electron chi connectivity index (χ2n) is 8.45. The largest absolute Gasteiger partial charge is 0.338 e. The monoisotopic (exact) mass is 396 g/mol. The Kier molecular flexibility index (Phi) is 8.33. The van der Waals surface area contributed by atoms with Crippen LogP contribution in [0.5, 0.6) is 0 Å². The number of hydrogen-bond acceptors (Lipinski definition) is 2. The third-order valence-electron chi connectivity index (χ3n) is 6.21. The summed E-state index contributed by atoms with van der Waals surface area (Å²) < 4.78 is 0. The molecule has 1 heterocycles. The van der Waals surface area contributed by atoms with E-state index in [4.69, 9.17) is 0 Å². The molecule has 4 heteroatoms. The highest BCUT2D eigenvalue weighted by Gasteiger charge is 2.30. The third-order valence-corrected chi connectivity index (χ3v) is 6.21. The summed E-state index contributed by atoms with van der Waals surface area (Å²) in [5.41, 5.74) is 2.43. The first-order chi connectivity index (χ1) is 14.2. The lowest BCUT2D eigenvalue weighted by molar-refractivity contribution is -0.133. The fraction of sp³-hybridized carbons (Fsp3) is 0.600. The van der Waals surface area contributed by atoms with Crippen LogP contribution in [-0.2, 0) is 16.1 Å². The van der Waals surface area contributed by atoms with Crippen LogP contribution in [0.25, 0.3) is 0 Å². The molecule has 0 radical (unpaired) electrons. The van der Waals surface area contributed by atoms with Gasteiger partial charge in [0.05, 0.1) is 0 Å². The van der Waals surface area contributed by atoms with Crippen LogP contribution in [0.3, 0.4) is 0 Å². The van der Waals surface area contributed by atoms with Crippen molar-refractivity contribution in [1.82, 2.24) is 9.80 Å². The zero-order valence-corrected chi connectivity index (χ0v) is 17.9. The average Bonchev–Trinajstić information content (AvgIpc) is 2.76. The molecule has 158 valence electrons. The number of piperidine rings is 1. The molecule has 0 spiro atoms. The molecule has 1 aliphatic carbocycles. The molecular weight excluding hydrogens is 360 g/mol. The Morgan fingerprint density at radius 3 is 2.66 bits per heavy atom. The Balaban J connectivity index is 1.50. The molecule has 1 aromatic rings. The number of allylic oxidation sites excluding steroid dienone is 2. The van der Waals surface area contributed by atoms with Gasteiger partial charge >= 0.3 is 0 Å². The summed E-state index contributed by atoms with van der Waals surface area (Å²) in [7, 11) is 0. The van der Waals surface area contributed by atoms with E-state index in [-0.39, 0.29) is 11.8 Å². The number of benzene rings is 1. The number of nitrogens with zero attached hydrogens (tertiary/aromatic N) is 2. The second kappa shape index (κ2) is 11.2. The van der Waals surface area contributed by atoms with Crippen LogP contribution in [0.4, 0.5) is 0 Å². The lowest BCUT2D eigenvalue weighted by atomic mass is 9.85. The summed E-state index contributed by atoms with van der Waals surface area (Å²) in [5, 5.41) is 0. The van der Waals surface area contributed by atoms with Crippen LogP contribution in [0.1, 0.15) is 76.7 Å². The Hall–Kier alpha value is -2.10. The quantitative estimate of drug-likeness (QED) is 0.569. The molecule has 0 bridgehead atoms. The number of unbranched alkanes of at least 4 members (excludes halogenated alkanes) is 1. The van der Waals surface area contributed by atoms with E-state index in [1.807, 2.05) is 28.0 Å². The number of likely N-dealkylation sites (tertiary alicyclic amines) is 1. The van der Waals surface area contributed by atoms with E-state index in [9.17, 15) is 9.59 Å². The molecule has 1 unspecified atom stereocenters. The van der Waals surface area contributed by atoms with Gasteiger partial charge in [-0.2, -0.15) is 0 Å². The van der Waals surface area contributed by atoms with Crippen LogP contribution < -0.4 is 0 Å². The highest BCUT2D eigenvalue weighted by molar-refractivity contribution is 5.80. The molecule has 1 aliphatic heterocycles. The highest BCUT2D eigenvalue weighted by Crippen LogP contribution is 2.35. The first kappa shape index (κ1) is 21.6. The van der Waals surface area contributed by atoms with E-state index in [1.54, 1.807) is 0 Å². The van der Waals surface area contributed by atoms with Gasteiger partial charge in [0.25, 0.3) is 0 Å². The first-order valence-corrected chi connectivity index (χ1v) is 11.5. The van der Waals surface area contributed by atoms with Crippen molar-refractivity contribution in [3.8, 4) is 0 Å². The zero-order chi connectivity index (χ0) is 20.5. The van der Waals surface area contributed by atoms with Crippen molar-refractivity contribution in [3.63, 3.8) is 0 Å². The maximum atomic E-state index is 12.8. The molecule has 0 aromatic heterocycles. The molecule has 1 atom stereocenters. The van der Waals surface area contributed by atoms with Crippen molar-refractivity contribution in [2.75, 3.05) is 13.1 Å². The van der Waals surface area contributed by atoms with E-state index < -0.39 is 0 Å². The summed E-state index contributed by atoms with van der Waals surface area (Å²) in [4.78, 5) is 29.6. The fourth-order valence-electron chi connectivity index (χ4n) is 4.57. The van der Waals surface area contributed by atoms with Crippen molar-refractivity contribution < 1.29 is 9.59 Å². The maximum Gasteiger partial charge on any atom is 0.226 e. The van der Waals surface area contributed by atoms with Crippen LogP contribution in [0.2, 0.25) is 0 Å². The highest BCUT2D eigenvalue weighted by atomic mass is 16.2. The number of rotatable bonds is 9. The molecule has 3 rings (SSSR count). The number of amides is 2.